The highest BCUT2D eigenvalue weighted by atomic mass is 19.4. The minimum Gasteiger partial charge on any atom is -0.429 e. The fourth-order valence-corrected chi connectivity index (χ4v) is 4.65. The number of hydrogen-bond donors (Lipinski definition) is 3. The highest BCUT2D eigenvalue weighted by Gasteiger charge is 2.41. The second-order valence-corrected chi connectivity index (χ2v) is 11.3. The highest BCUT2D eigenvalue weighted by molar-refractivity contribution is 6.12. The van der Waals surface area contributed by atoms with Gasteiger partial charge in [-0.05, 0) is 48.6 Å². The van der Waals surface area contributed by atoms with Crippen molar-refractivity contribution < 1.29 is 51.5 Å². The first kappa shape index (κ1) is 38.1. The Kier molecular flexibility index (Phi) is 13.8. The molecule has 0 saturated heterocycles. The molecule has 2 aromatic carbocycles. The van der Waals surface area contributed by atoms with Gasteiger partial charge in [-0.15, -0.1) is 0 Å². The van der Waals surface area contributed by atoms with Gasteiger partial charge >= 0.3 is 12.3 Å². The number of nitro benzene ring substituents is 1. The molecule has 264 valence electrons. The summed E-state index contributed by atoms with van der Waals surface area (Å²) in [5.74, 6) is -2.83. The van der Waals surface area contributed by atoms with Crippen molar-refractivity contribution in [3.8, 4) is 5.75 Å². The Morgan fingerprint density at radius 1 is 0.939 bits per heavy atom. The van der Waals surface area contributed by atoms with Crippen LogP contribution in [0.2, 0.25) is 0 Å². The number of amides is 4. The largest absolute Gasteiger partial charge is 0.514 e. The number of benzene rings is 2. The molecule has 2 aromatic rings. The lowest BCUT2D eigenvalue weighted by Crippen LogP contribution is -2.56. The molecule has 0 aliphatic carbocycles. The number of carbonyl (C=O) groups excluding carboxylic acids is 5. The van der Waals surface area contributed by atoms with Gasteiger partial charge in [0.15, 0.2) is 0 Å². The van der Waals surface area contributed by atoms with E-state index in [0.29, 0.717) is 24.1 Å². The Labute approximate surface area is 279 Å². The summed E-state index contributed by atoms with van der Waals surface area (Å²) in [6, 6.07) is 7.68. The SMILES string of the molecule is CC(C)C(NC(CCCCCN1C(=O)C=CC1=O)C(F)(F)F)C(=O)NCC(=O)Nc1ccc(COC(=O)Oc2ccc([N+](=O)[O-])cc2)cc1. The Morgan fingerprint density at radius 3 is 2.14 bits per heavy atom. The van der Waals surface area contributed by atoms with Crippen LogP contribution in [0.5, 0.6) is 5.75 Å². The quantitative estimate of drug-likeness (QED) is 0.0536. The highest BCUT2D eigenvalue weighted by Crippen LogP contribution is 2.26. The number of rotatable bonds is 17. The van der Waals surface area contributed by atoms with Crippen molar-refractivity contribution >= 4 is 41.2 Å². The third-order valence-corrected chi connectivity index (χ3v) is 7.27. The second-order valence-electron chi connectivity index (χ2n) is 11.3. The van der Waals surface area contributed by atoms with Crippen LogP contribution in [0, 0.1) is 16.0 Å². The van der Waals surface area contributed by atoms with E-state index in [1.165, 1.54) is 36.4 Å². The van der Waals surface area contributed by atoms with Gasteiger partial charge in [0.1, 0.15) is 18.4 Å². The maximum absolute atomic E-state index is 13.8. The predicted molar refractivity (Wildman–Crippen MR) is 168 cm³/mol. The topological polar surface area (TPSA) is 186 Å². The molecule has 1 aliphatic rings. The number of non-ortho nitro benzene ring substituents is 1. The Balaban J connectivity index is 1.41. The summed E-state index contributed by atoms with van der Waals surface area (Å²) in [6.45, 7) is 2.56. The summed E-state index contributed by atoms with van der Waals surface area (Å²) < 4.78 is 51.5. The molecule has 1 aliphatic heterocycles. The van der Waals surface area contributed by atoms with Gasteiger partial charge in [-0.1, -0.05) is 38.8 Å². The van der Waals surface area contributed by atoms with Crippen molar-refractivity contribution in [1.82, 2.24) is 15.5 Å². The zero-order chi connectivity index (χ0) is 36.1. The van der Waals surface area contributed by atoms with E-state index in [1.807, 2.05) is 0 Å². The fourth-order valence-electron chi connectivity index (χ4n) is 4.65. The van der Waals surface area contributed by atoms with Crippen molar-refractivity contribution in [3.05, 3.63) is 76.4 Å². The molecule has 2 unspecified atom stereocenters. The number of nitro groups is 1. The van der Waals surface area contributed by atoms with Gasteiger partial charge in [-0.25, -0.2) is 4.79 Å². The molecule has 49 heavy (non-hydrogen) atoms. The zero-order valence-electron chi connectivity index (χ0n) is 26.7. The number of carbonyl (C=O) groups is 5. The van der Waals surface area contributed by atoms with Gasteiger partial charge in [0.2, 0.25) is 11.8 Å². The maximum Gasteiger partial charge on any atom is 0.514 e. The summed E-state index contributed by atoms with van der Waals surface area (Å²) >= 11 is 0. The smallest absolute Gasteiger partial charge is 0.429 e. The van der Waals surface area contributed by atoms with E-state index in [-0.39, 0.29) is 37.4 Å². The lowest BCUT2D eigenvalue weighted by Gasteiger charge is -2.29. The first-order valence-electron chi connectivity index (χ1n) is 15.3. The number of unbranched alkanes of at least 4 members (excludes halogenated alkanes) is 2. The molecule has 14 nitrogen and oxygen atoms in total. The molecule has 4 amide bonds. The molecular weight excluding hydrogens is 655 g/mol. The van der Waals surface area contributed by atoms with Crippen LogP contribution in [-0.2, 0) is 30.5 Å². The van der Waals surface area contributed by atoms with Crippen LogP contribution in [0.1, 0.15) is 45.1 Å². The summed E-state index contributed by atoms with van der Waals surface area (Å²) in [4.78, 5) is 71.6. The summed E-state index contributed by atoms with van der Waals surface area (Å²) in [5.41, 5.74) is 0.696. The summed E-state index contributed by atoms with van der Waals surface area (Å²) in [7, 11) is 0. The van der Waals surface area contributed by atoms with Gasteiger partial charge in [-0.3, -0.25) is 39.5 Å². The van der Waals surface area contributed by atoms with Gasteiger partial charge in [0, 0.05) is 36.5 Å². The first-order valence-corrected chi connectivity index (χ1v) is 15.3. The van der Waals surface area contributed by atoms with Gasteiger partial charge in [-0.2, -0.15) is 13.2 Å². The van der Waals surface area contributed by atoms with Gasteiger partial charge < -0.3 is 20.1 Å². The number of ether oxygens (including phenoxy) is 2. The average molecular weight is 692 g/mol. The number of alkyl halides is 3. The van der Waals surface area contributed by atoms with Crippen molar-refractivity contribution in [2.45, 2.75) is 64.4 Å². The standard InChI is InChI=1S/C32H36F3N5O9/c1-20(2)29(38-25(32(33,34)35)6-4-3-5-17-39-27(42)15-16-28(39)43)30(44)36-18-26(41)37-22-9-7-21(8-10-22)19-48-31(45)49-24-13-11-23(12-14-24)40(46)47/h7-16,20,25,29,38H,3-6,17-19H2,1-2H3,(H,36,44)(H,37,41). The van der Waals surface area contributed by atoms with Crippen LogP contribution in [0.25, 0.3) is 0 Å². The van der Waals surface area contributed by atoms with Crippen LogP contribution in [0.15, 0.2) is 60.7 Å². The Hall–Kier alpha value is -5.32. The third kappa shape index (κ3) is 12.3. The zero-order valence-corrected chi connectivity index (χ0v) is 26.7. The number of hydrogen-bond acceptors (Lipinski definition) is 10. The predicted octanol–water partition coefficient (Wildman–Crippen LogP) is 4.40. The molecule has 1 heterocycles. The van der Waals surface area contributed by atoms with E-state index in [1.54, 1.807) is 26.0 Å². The van der Waals surface area contributed by atoms with E-state index >= 15 is 0 Å². The van der Waals surface area contributed by atoms with Crippen LogP contribution in [-0.4, -0.2) is 71.0 Å². The van der Waals surface area contributed by atoms with Crippen LogP contribution in [0.3, 0.4) is 0 Å². The van der Waals surface area contributed by atoms with Crippen molar-refractivity contribution in [2.75, 3.05) is 18.4 Å². The summed E-state index contributed by atoms with van der Waals surface area (Å²) in [5, 5.41) is 18.0. The van der Waals surface area contributed by atoms with Crippen molar-refractivity contribution in [1.29, 1.82) is 0 Å². The third-order valence-electron chi connectivity index (χ3n) is 7.27. The Morgan fingerprint density at radius 2 is 1.57 bits per heavy atom. The molecule has 0 saturated carbocycles. The lowest BCUT2D eigenvalue weighted by molar-refractivity contribution is -0.384. The number of imide groups is 1. The molecule has 17 heteroatoms. The molecular formula is C32H36F3N5O9. The molecule has 3 N–H and O–H groups in total. The molecule has 0 spiro atoms. The number of nitrogens with one attached hydrogen (secondary N) is 3. The van der Waals surface area contributed by atoms with E-state index < -0.39 is 65.4 Å². The number of halogens is 3. The minimum absolute atomic E-state index is 0.0502. The van der Waals surface area contributed by atoms with Crippen LogP contribution < -0.4 is 20.7 Å². The molecule has 0 aromatic heterocycles. The monoisotopic (exact) mass is 691 g/mol. The average Bonchev–Trinajstić information content (AvgIpc) is 3.36. The van der Waals surface area contributed by atoms with Crippen LogP contribution >= 0.6 is 0 Å². The normalized spacial score (nSPS) is 14.0. The van der Waals surface area contributed by atoms with E-state index in [9.17, 15) is 47.3 Å². The lowest BCUT2D eigenvalue weighted by atomic mass is 10.00. The Bertz CT molecular complexity index is 1510. The fraction of sp³-hybridized carbons (Fsp3) is 0.406. The first-order chi connectivity index (χ1) is 23.1. The number of anilines is 1. The van der Waals surface area contributed by atoms with Crippen LogP contribution in [0.4, 0.5) is 29.3 Å². The maximum atomic E-state index is 13.8. The number of nitrogens with zero attached hydrogens (tertiary/aromatic N) is 2. The minimum atomic E-state index is -4.65. The van der Waals surface area contributed by atoms with Gasteiger partial charge in [0.25, 0.3) is 17.5 Å². The van der Waals surface area contributed by atoms with Gasteiger partial charge in [0.05, 0.1) is 17.5 Å². The molecule has 0 radical (unpaired) electrons. The van der Waals surface area contributed by atoms with Crippen molar-refractivity contribution in [2.24, 2.45) is 5.92 Å². The molecule has 0 bridgehead atoms. The van der Waals surface area contributed by atoms with E-state index in [0.717, 1.165) is 17.1 Å². The molecule has 2 atom stereocenters. The van der Waals surface area contributed by atoms with Crippen molar-refractivity contribution in [3.63, 3.8) is 0 Å². The molecule has 0 fully saturated rings. The van der Waals surface area contributed by atoms with E-state index in [2.05, 4.69) is 16.0 Å². The second kappa shape index (κ2) is 17.7. The molecule has 3 rings (SSSR count). The van der Waals surface area contributed by atoms with E-state index in [4.69, 9.17) is 9.47 Å². The summed E-state index contributed by atoms with van der Waals surface area (Å²) in [6.07, 6.45) is -2.95.